The Morgan fingerprint density at radius 2 is 2.19 bits per heavy atom. The Kier molecular flexibility index (Phi) is 5.61. The van der Waals surface area contributed by atoms with Crippen molar-refractivity contribution in [3.05, 3.63) is 59.4 Å². The number of nitrogens with one attached hydrogen (secondary N) is 3. The number of nitrogens with zero attached hydrogens (tertiary/aromatic N) is 3. The molecule has 5 rings (SSSR count). The van der Waals surface area contributed by atoms with Gasteiger partial charge in [0.05, 0.1) is 35.2 Å². The van der Waals surface area contributed by atoms with Crippen LogP contribution in [0, 0.1) is 11.3 Å². The van der Waals surface area contributed by atoms with Gasteiger partial charge in [-0.25, -0.2) is 9.97 Å². The molecule has 0 spiro atoms. The van der Waals surface area contributed by atoms with Crippen molar-refractivity contribution in [3.63, 3.8) is 0 Å². The van der Waals surface area contributed by atoms with Crippen LogP contribution in [0.15, 0.2) is 53.0 Å². The number of rotatable bonds is 7. The first-order valence-corrected chi connectivity index (χ1v) is 11.6. The van der Waals surface area contributed by atoms with E-state index in [4.69, 9.17) is 5.26 Å². The van der Waals surface area contributed by atoms with Crippen LogP contribution in [-0.4, -0.2) is 32.1 Å². The highest BCUT2D eigenvalue weighted by Gasteiger charge is 2.30. The zero-order valence-corrected chi connectivity index (χ0v) is 18.1. The molecule has 1 aromatic carbocycles. The third-order valence-corrected chi connectivity index (χ3v) is 7.19. The van der Waals surface area contributed by atoms with E-state index in [1.54, 1.807) is 11.9 Å². The lowest BCUT2D eigenvalue weighted by Gasteiger charge is -2.37. The summed E-state index contributed by atoms with van der Waals surface area (Å²) >= 11 is 3.09. The fourth-order valence-electron chi connectivity index (χ4n) is 3.65. The van der Waals surface area contributed by atoms with Gasteiger partial charge in [-0.3, -0.25) is 4.72 Å². The Labute approximate surface area is 187 Å². The van der Waals surface area contributed by atoms with E-state index < -0.39 is 0 Å². The van der Waals surface area contributed by atoms with Crippen LogP contribution in [-0.2, 0) is 6.61 Å². The van der Waals surface area contributed by atoms with Gasteiger partial charge in [0.2, 0.25) is 0 Å². The summed E-state index contributed by atoms with van der Waals surface area (Å²) in [6.45, 7) is -0.0655. The van der Waals surface area contributed by atoms with Crippen molar-refractivity contribution in [2.24, 2.45) is 0 Å². The highest BCUT2D eigenvalue weighted by molar-refractivity contribution is 7.97. The van der Waals surface area contributed by atoms with Gasteiger partial charge in [0.15, 0.2) is 0 Å². The molecule has 1 saturated carbocycles. The molecule has 4 N–H and O–H groups in total. The van der Waals surface area contributed by atoms with Gasteiger partial charge in [0, 0.05) is 40.1 Å². The Hall–Kier alpha value is -2.90. The summed E-state index contributed by atoms with van der Waals surface area (Å²) in [6, 6.07) is 12.6. The number of thiazole rings is 1. The lowest BCUT2D eigenvalue weighted by Crippen LogP contribution is -2.45. The molecule has 3 heterocycles. The predicted molar refractivity (Wildman–Crippen MR) is 124 cm³/mol. The Morgan fingerprint density at radius 3 is 3.00 bits per heavy atom. The van der Waals surface area contributed by atoms with E-state index in [2.05, 4.69) is 31.1 Å². The molecule has 3 aromatic heterocycles. The number of hydrogen-bond acceptors (Lipinski definition) is 8. The quantitative estimate of drug-likeness (QED) is 0.312. The first kappa shape index (κ1) is 20.0. The van der Waals surface area contributed by atoms with Crippen LogP contribution in [0.1, 0.15) is 24.1 Å². The molecule has 0 radical (unpaired) electrons. The molecule has 7 nitrogen and oxygen atoms in total. The molecule has 0 amide bonds. The molecule has 0 bridgehead atoms. The smallest absolute Gasteiger partial charge is 0.139 e. The largest absolute Gasteiger partial charge is 0.390 e. The van der Waals surface area contributed by atoms with Crippen molar-refractivity contribution < 1.29 is 5.11 Å². The number of fused-ring (bicyclic) bond motifs is 1. The van der Waals surface area contributed by atoms with Crippen molar-refractivity contribution in [2.45, 2.75) is 36.4 Å². The van der Waals surface area contributed by atoms with E-state index in [9.17, 15) is 5.11 Å². The van der Waals surface area contributed by atoms with Crippen molar-refractivity contribution in [1.82, 2.24) is 19.7 Å². The number of H-pyrrole nitrogens is 1. The molecular formula is C22H20N6OS2. The van der Waals surface area contributed by atoms with Crippen LogP contribution in [0.5, 0.6) is 0 Å². The number of nitriles is 1. The van der Waals surface area contributed by atoms with Crippen LogP contribution in [0.3, 0.4) is 0 Å². The molecule has 0 unspecified atom stereocenters. The third kappa shape index (κ3) is 4.16. The monoisotopic (exact) mass is 448 g/mol. The first-order chi connectivity index (χ1) is 15.2. The van der Waals surface area contributed by atoms with Crippen molar-refractivity contribution >= 4 is 40.0 Å². The molecular weight excluding hydrogens is 428 g/mol. The lowest BCUT2D eigenvalue weighted by molar-refractivity contribution is 0.278. The number of anilines is 1. The maximum absolute atomic E-state index is 9.37. The summed E-state index contributed by atoms with van der Waals surface area (Å²) in [5, 5.41) is 25.9. The predicted octanol–water partition coefficient (Wildman–Crippen LogP) is 4.29. The van der Waals surface area contributed by atoms with Gasteiger partial charge in [-0.05, 0) is 49.1 Å². The Morgan fingerprint density at radius 1 is 1.29 bits per heavy atom. The van der Waals surface area contributed by atoms with Crippen molar-refractivity contribution in [1.29, 1.82) is 5.26 Å². The van der Waals surface area contributed by atoms with Gasteiger partial charge in [-0.15, -0.1) is 11.3 Å². The van der Waals surface area contributed by atoms with Gasteiger partial charge in [0.1, 0.15) is 10.7 Å². The first-order valence-electron chi connectivity index (χ1n) is 9.94. The number of aromatic nitrogens is 3. The van der Waals surface area contributed by atoms with E-state index in [-0.39, 0.29) is 6.61 Å². The molecule has 9 heteroatoms. The fourth-order valence-corrected chi connectivity index (χ4v) is 5.30. The van der Waals surface area contributed by atoms with Crippen LogP contribution in [0.2, 0.25) is 0 Å². The number of aliphatic hydroxyl groups is 1. The highest BCUT2D eigenvalue weighted by atomic mass is 32.2. The molecule has 31 heavy (non-hydrogen) atoms. The second-order valence-electron chi connectivity index (χ2n) is 7.46. The van der Waals surface area contributed by atoms with Gasteiger partial charge in [0.25, 0.3) is 0 Å². The number of benzene rings is 1. The summed E-state index contributed by atoms with van der Waals surface area (Å²) < 4.78 is 3.50. The van der Waals surface area contributed by atoms with E-state index in [0.29, 0.717) is 23.3 Å². The van der Waals surface area contributed by atoms with E-state index in [1.807, 2.05) is 48.1 Å². The number of aromatic amines is 1. The van der Waals surface area contributed by atoms with Gasteiger partial charge < -0.3 is 15.4 Å². The van der Waals surface area contributed by atoms with Crippen LogP contribution < -0.4 is 10.0 Å². The summed E-state index contributed by atoms with van der Waals surface area (Å²) in [6.07, 6.45) is 5.73. The molecule has 0 saturated heterocycles. The van der Waals surface area contributed by atoms with Crippen LogP contribution in [0.4, 0.5) is 5.69 Å². The minimum Gasteiger partial charge on any atom is -0.390 e. The van der Waals surface area contributed by atoms with E-state index >= 15 is 0 Å². The summed E-state index contributed by atoms with van der Waals surface area (Å²) in [5.74, 6) is 0. The van der Waals surface area contributed by atoms with Crippen LogP contribution in [0.25, 0.3) is 21.6 Å². The SMILES string of the molecule is N#Cc1cccc(SNC2CC(Nc3c(-c4nc(CO)cs4)cnc4[nH]ccc34)C2)c1. The Balaban J connectivity index is 1.27. The maximum atomic E-state index is 9.37. The van der Waals surface area contributed by atoms with Gasteiger partial charge in [-0.2, -0.15) is 5.26 Å². The second-order valence-corrected chi connectivity index (χ2v) is 9.23. The number of hydrogen-bond donors (Lipinski definition) is 4. The van der Waals surface area contributed by atoms with E-state index in [0.717, 1.165) is 45.0 Å². The summed E-state index contributed by atoms with van der Waals surface area (Å²) in [7, 11) is 0. The van der Waals surface area contributed by atoms with Gasteiger partial charge >= 0.3 is 0 Å². The topological polar surface area (TPSA) is 110 Å². The normalized spacial score (nSPS) is 17.9. The third-order valence-electron chi connectivity index (χ3n) is 5.32. The van der Waals surface area contributed by atoms with Crippen molar-refractivity contribution in [3.8, 4) is 16.6 Å². The zero-order valence-electron chi connectivity index (χ0n) is 16.5. The number of aliphatic hydroxyl groups excluding tert-OH is 1. The highest BCUT2D eigenvalue weighted by Crippen LogP contribution is 2.38. The Bertz CT molecular complexity index is 1250. The minimum absolute atomic E-state index is 0.0655. The fraction of sp³-hybridized carbons (Fsp3) is 0.227. The standard InChI is InChI=1S/C22H20N6OS2/c23-9-13-2-1-3-17(6-13)31-28-15-7-14(8-15)26-20-18-4-5-24-21(18)25-10-19(20)22-27-16(11-29)12-30-22/h1-6,10,12,14-15,28-29H,7-8,11H2,(H2,24,25,26). The average Bonchev–Trinajstić information content (AvgIpc) is 3.44. The molecule has 1 aliphatic rings. The molecule has 156 valence electrons. The van der Waals surface area contributed by atoms with Crippen LogP contribution >= 0.6 is 23.3 Å². The summed E-state index contributed by atoms with van der Waals surface area (Å²) in [5.41, 5.74) is 4.17. The summed E-state index contributed by atoms with van der Waals surface area (Å²) in [4.78, 5) is 13.3. The minimum atomic E-state index is -0.0655. The van der Waals surface area contributed by atoms with E-state index in [1.165, 1.54) is 11.3 Å². The molecule has 0 atom stereocenters. The second kappa shape index (κ2) is 8.69. The molecule has 1 fully saturated rings. The molecule has 1 aliphatic carbocycles. The maximum Gasteiger partial charge on any atom is 0.139 e. The molecule has 4 aromatic rings. The average molecular weight is 449 g/mol. The number of pyridine rings is 1. The molecule has 0 aliphatic heterocycles. The van der Waals surface area contributed by atoms with Crippen molar-refractivity contribution in [2.75, 3.05) is 5.32 Å². The van der Waals surface area contributed by atoms with Gasteiger partial charge in [-0.1, -0.05) is 6.07 Å². The lowest BCUT2D eigenvalue weighted by atomic mass is 9.87. The zero-order chi connectivity index (χ0) is 21.2.